The Bertz CT molecular complexity index is 1690. The Hall–Kier alpha value is -3.96. The number of para-hydroxylation sites is 1. The van der Waals surface area contributed by atoms with Crippen LogP contribution in [0, 0.1) is 0 Å². The molecule has 4 nitrogen and oxygen atoms in total. The minimum absolute atomic E-state index is 0.416. The van der Waals surface area contributed by atoms with Gasteiger partial charge in [-0.15, -0.1) is 0 Å². The van der Waals surface area contributed by atoms with Gasteiger partial charge in [-0.05, 0) is 72.0 Å². The van der Waals surface area contributed by atoms with Gasteiger partial charge < -0.3 is 4.74 Å². The van der Waals surface area contributed by atoms with Crippen molar-refractivity contribution in [1.82, 2.24) is 4.98 Å². The van der Waals surface area contributed by atoms with Crippen molar-refractivity contribution in [1.29, 1.82) is 0 Å². The maximum Gasteiger partial charge on any atom is 0.156 e. The summed E-state index contributed by atoms with van der Waals surface area (Å²) in [5, 5.41) is 0.910. The molecule has 0 unspecified atom stereocenters. The SMILES string of the molecule is CC(C)(c1cc(-c2cccc(COc3ccccc3Cc3ccccc3)c2)c2ncccc2c1)S(C)(=O)=O. The predicted molar refractivity (Wildman–Crippen MR) is 155 cm³/mol. The molecule has 0 spiro atoms. The highest BCUT2D eigenvalue weighted by atomic mass is 32.2. The van der Waals surface area contributed by atoms with Gasteiger partial charge in [-0.1, -0.05) is 72.8 Å². The van der Waals surface area contributed by atoms with E-state index in [1.54, 1.807) is 20.0 Å². The van der Waals surface area contributed by atoms with Crippen LogP contribution in [0.4, 0.5) is 0 Å². The first-order valence-electron chi connectivity index (χ1n) is 12.7. The first kappa shape index (κ1) is 25.7. The molecule has 0 saturated carbocycles. The number of pyridine rings is 1. The van der Waals surface area contributed by atoms with Crippen molar-refractivity contribution in [2.75, 3.05) is 6.26 Å². The van der Waals surface area contributed by atoms with Crippen LogP contribution in [0.3, 0.4) is 0 Å². The number of benzene rings is 4. The van der Waals surface area contributed by atoms with E-state index in [4.69, 9.17) is 4.74 Å². The van der Waals surface area contributed by atoms with E-state index in [1.165, 1.54) is 11.8 Å². The van der Waals surface area contributed by atoms with Crippen LogP contribution in [0.5, 0.6) is 5.75 Å². The molecule has 0 N–H and O–H groups in total. The lowest BCUT2D eigenvalue weighted by Crippen LogP contribution is -2.28. The standard InChI is InChI=1S/C33H31NO3S/c1-33(2,38(3,35)36)29-21-28-16-10-18-34-32(28)30(22-29)26-15-9-13-25(20-26)23-37-31-17-8-7-14-27(31)19-24-11-5-4-6-12-24/h4-18,20-22H,19,23H2,1-3H3. The lowest BCUT2D eigenvalue weighted by atomic mass is 9.93. The van der Waals surface area contributed by atoms with Crippen LogP contribution in [0.15, 0.2) is 109 Å². The summed E-state index contributed by atoms with van der Waals surface area (Å²) in [7, 11) is -3.34. The molecule has 0 aliphatic carbocycles. The van der Waals surface area contributed by atoms with Gasteiger partial charge in [0.05, 0.1) is 10.3 Å². The summed E-state index contributed by atoms with van der Waals surface area (Å²) in [4.78, 5) is 4.64. The number of hydrogen-bond acceptors (Lipinski definition) is 4. The average Bonchev–Trinajstić information content (AvgIpc) is 2.92. The minimum Gasteiger partial charge on any atom is -0.489 e. The molecular formula is C33H31NO3S. The van der Waals surface area contributed by atoms with Crippen molar-refractivity contribution in [3.8, 4) is 16.9 Å². The number of aromatic nitrogens is 1. The van der Waals surface area contributed by atoms with Crippen LogP contribution in [0.2, 0.25) is 0 Å². The van der Waals surface area contributed by atoms with E-state index in [2.05, 4.69) is 41.4 Å². The van der Waals surface area contributed by atoms with E-state index in [-0.39, 0.29) is 0 Å². The third kappa shape index (κ3) is 5.34. The van der Waals surface area contributed by atoms with Crippen molar-refractivity contribution in [2.24, 2.45) is 0 Å². The number of fused-ring (bicyclic) bond motifs is 1. The molecule has 5 heteroatoms. The van der Waals surface area contributed by atoms with Crippen molar-refractivity contribution in [3.63, 3.8) is 0 Å². The highest BCUT2D eigenvalue weighted by molar-refractivity contribution is 7.91. The van der Waals surface area contributed by atoms with Gasteiger partial charge in [-0.2, -0.15) is 0 Å². The van der Waals surface area contributed by atoms with Crippen molar-refractivity contribution >= 4 is 20.7 Å². The molecule has 0 aliphatic heterocycles. The molecule has 1 heterocycles. The highest BCUT2D eigenvalue weighted by Gasteiger charge is 2.33. The smallest absolute Gasteiger partial charge is 0.156 e. The molecule has 0 saturated heterocycles. The molecule has 0 fully saturated rings. The number of nitrogens with zero attached hydrogens (tertiary/aromatic N) is 1. The molecule has 38 heavy (non-hydrogen) atoms. The van der Waals surface area contributed by atoms with Gasteiger partial charge in [-0.3, -0.25) is 4.98 Å². The summed E-state index contributed by atoms with van der Waals surface area (Å²) in [6.45, 7) is 3.92. The molecule has 5 rings (SSSR count). The first-order chi connectivity index (χ1) is 18.2. The summed E-state index contributed by atoms with van der Waals surface area (Å²) in [5.74, 6) is 0.866. The molecule has 1 aromatic heterocycles. The number of rotatable bonds is 8. The van der Waals surface area contributed by atoms with Gasteiger partial charge in [0.25, 0.3) is 0 Å². The van der Waals surface area contributed by atoms with Crippen molar-refractivity contribution in [2.45, 2.75) is 31.6 Å². The zero-order valence-electron chi connectivity index (χ0n) is 21.9. The number of hydrogen-bond donors (Lipinski definition) is 0. The lowest BCUT2D eigenvalue weighted by molar-refractivity contribution is 0.303. The van der Waals surface area contributed by atoms with Crippen molar-refractivity contribution < 1.29 is 13.2 Å². The summed E-state index contributed by atoms with van der Waals surface area (Å²) < 4.78 is 30.5. The molecule has 0 amide bonds. The third-order valence-corrected chi connectivity index (χ3v) is 9.26. The molecule has 0 atom stereocenters. The Morgan fingerprint density at radius 3 is 2.32 bits per heavy atom. The van der Waals surface area contributed by atoms with Gasteiger partial charge in [0.1, 0.15) is 12.4 Å². The van der Waals surface area contributed by atoms with E-state index in [9.17, 15) is 8.42 Å². The Morgan fingerprint density at radius 2 is 1.53 bits per heavy atom. The molecular weight excluding hydrogens is 490 g/mol. The molecule has 4 aromatic carbocycles. The van der Waals surface area contributed by atoms with E-state index >= 15 is 0 Å². The van der Waals surface area contributed by atoms with Crippen LogP contribution in [0.25, 0.3) is 22.0 Å². The summed E-state index contributed by atoms with van der Waals surface area (Å²) in [6, 6.07) is 34.4. The van der Waals surface area contributed by atoms with E-state index in [1.807, 2.05) is 66.7 Å². The molecule has 0 aliphatic rings. The van der Waals surface area contributed by atoms with Gasteiger partial charge in [0.2, 0.25) is 0 Å². The molecule has 0 radical (unpaired) electrons. The largest absolute Gasteiger partial charge is 0.489 e. The van der Waals surface area contributed by atoms with Crippen LogP contribution in [-0.4, -0.2) is 19.7 Å². The zero-order valence-corrected chi connectivity index (χ0v) is 22.7. The number of ether oxygens (including phenoxy) is 1. The maximum atomic E-state index is 12.6. The second-order valence-corrected chi connectivity index (χ2v) is 12.7. The lowest BCUT2D eigenvalue weighted by Gasteiger charge is -2.24. The quantitative estimate of drug-likeness (QED) is 0.214. The normalized spacial score (nSPS) is 12.0. The Morgan fingerprint density at radius 1 is 0.789 bits per heavy atom. The minimum atomic E-state index is -3.34. The summed E-state index contributed by atoms with van der Waals surface area (Å²) in [6.07, 6.45) is 3.86. The maximum absolute atomic E-state index is 12.6. The van der Waals surface area contributed by atoms with Crippen LogP contribution in [0.1, 0.15) is 36.1 Å². The topological polar surface area (TPSA) is 56.3 Å². The van der Waals surface area contributed by atoms with Gasteiger partial charge in [0, 0.05) is 29.8 Å². The predicted octanol–water partition coefficient (Wildman–Crippen LogP) is 7.35. The van der Waals surface area contributed by atoms with Crippen LogP contribution < -0.4 is 4.74 Å². The number of sulfone groups is 1. The third-order valence-electron chi connectivity index (χ3n) is 7.17. The average molecular weight is 522 g/mol. The summed E-state index contributed by atoms with van der Waals surface area (Å²) in [5.41, 5.74) is 6.86. The zero-order chi connectivity index (χ0) is 26.8. The second-order valence-electron chi connectivity index (χ2n) is 10.1. The van der Waals surface area contributed by atoms with Crippen LogP contribution in [-0.2, 0) is 27.6 Å². The Kier molecular flexibility index (Phi) is 7.04. The fraction of sp³-hybridized carbons (Fsp3) is 0.182. The monoisotopic (exact) mass is 521 g/mol. The molecule has 192 valence electrons. The fourth-order valence-electron chi connectivity index (χ4n) is 4.57. The molecule has 0 bridgehead atoms. The van der Waals surface area contributed by atoms with Gasteiger partial charge in [-0.25, -0.2) is 8.42 Å². The van der Waals surface area contributed by atoms with Gasteiger partial charge in [0.15, 0.2) is 9.84 Å². The van der Waals surface area contributed by atoms with E-state index < -0.39 is 14.6 Å². The van der Waals surface area contributed by atoms with Gasteiger partial charge >= 0.3 is 0 Å². The fourth-order valence-corrected chi connectivity index (χ4v) is 5.12. The molecule has 5 aromatic rings. The highest BCUT2D eigenvalue weighted by Crippen LogP contribution is 2.36. The summed E-state index contributed by atoms with van der Waals surface area (Å²) >= 11 is 0. The van der Waals surface area contributed by atoms with Crippen LogP contribution >= 0.6 is 0 Å². The van der Waals surface area contributed by atoms with E-state index in [0.717, 1.165) is 50.9 Å². The Labute approximate surface area is 224 Å². The second kappa shape index (κ2) is 10.4. The first-order valence-corrected chi connectivity index (χ1v) is 14.5. The van der Waals surface area contributed by atoms with E-state index in [0.29, 0.717) is 6.61 Å². The Balaban J connectivity index is 1.47. The van der Waals surface area contributed by atoms with Crippen molar-refractivity contribution in [3.05, 3.63) is 132 Å².